The zero-order valence-corrected chi connectivity index (χ0v) is 11.1. The van der Waals surface area contributed by atoms with Crippen LogP contribution in [-0.4, -0.2) is 0 Å². The Hall–Kier alpha value is -2.38. The van der Waals surface area contributed by atoms with Crippen LogP contribution in [0.4, 0.5) is 4.39 Å². The molecule has 2 aromatic carbocycles. The van der Waals surface area contributed by atoms with E-state index in [1.54, 1.807) is 31.2 Å². The predicted octanol–water partition coefficient (Wildman–Crippen LogP) is 3.70. The fourth-order valence-corrected chi connectivity index (χ4v) is 1.94. The summed E-state index contributed by atoms with van der Waals surface area (Å²) in [5.41, 5.74) is 7.04. The van der Waals surface area contributed by atoms with Gasteiger partial charge in [0, 0.05) is 11.6 Å². The topological polar surface area (TPSA) is 59.0 Å². The molecular formula is C16H15FN2O. The molecular weight excluding hydrogens is 255 g/mol. The first-order chi connectivity index (χ1) is 9.61. The van der Waals surface area contributed by atoms with Gasteiger partial charge in [-0.3, -0.25) is 0 Å². The molecule has 1 atom stereocenters. The molecule has 2 rings (SSSR count). The third-order valence-corrected chi connectivity index (χ3v) is 2.90. The van der Waals surface area contributed by atoms with Crippen LogP contribution >= 0.6 is 0 Å². The monoisotopic (exact) mass is 270 g/mol. The minimum Gasteiger partial charge on any atom is -0.457 e. The Morgan fingerprint density at radius 3 is 2.55 bits per heavy atom. The molecule has 0 aliphatic carbocycles. The quantitative estimate of drug-likeness (QED) is 0.921. The molecule has 0 saturated carbocycles. The van der Waals surface area contributed by atoms with Gasteiger partial charge in [-0.15, -0.1) is 0 Å². The van der Waals surface area contributed by atoms with Crippen LogP contribution in [0.1, 0.15) is 24.1 Å². The van der Waals surface area contributed by atoms with E-state index in [1.165, 1.54) is 6.07 Å². The second-order valence-electron chi connectivity index (χ2n) is 4.52. The SMILES string of the molecule is C[C@@H](N)c1c(F)cccc1Oc1ccc(CC#N)cc1. The predicted molar refractivity (Wildman–Crippen MR) is 74.8 cm³/mol. The molecule has 4 heteroatoms. The lowest BCUT2D eigenvalue weighted by molar-refractivity contribution is 0.460. The normalized spacial score (nSPS) is 11.7. The summed E-state index contributed by atoms with van der Waals surface area (Å²) in [6.45, 7) is 1.71. The highest BCUT2D eigenvalue weighted by molar-refractivity contribution is 5.41. The Morgan fingerprint density at radius 1 is 1.25 bits per heavy atom. The van der Waals surface area contributed by atoms with E-state index in [0.29, 0.717) is 23.5 Å². The molecule has 0 unspecified atom stereocenters. The van der Waals surface area contributed by atoms with E-state index in [4.69, 9.17) is 15.7 Å². The number of nitriles is 1. The number of rotatable bonds is 4. The van der Waals surface area contributed by atoms with Gasteiger partial charge in [0.15, 0.2) is 0 Å². The summed E-state index contributed by atoms with van der Waals surface area (Å²) in [7, 11) is 0. The number of benzene rings is 2. The van der Waals surface area contributed by atoms with Crippen molar-refractivity contribution in [2.24, 2.45) is 5.73 Å². The Labute approximate surface area is 117 Å². The van der Waals surface area contributed by atoms with Gasteiger partial charge in [-0.05, 0) is 36.8 Å². The molecule has 0 bridgehead atoms. The first-order valence-electron chi connectivity index (χ1n) is 6.29. The van der Waals surface area contributed by atoms with Crippen molar-refractivity contribution >= 4 is 0 Å². The summed E-state index contributed by atoms with van der Waals surface area (Å²) in [5.74, 6) is 0.617. The van der Waals surface area contributed by atoms with Gasteiger partial charge in [-0.2, -0.15) is 5.26 Å². The molecule has 2 N–H and O–H groups in total. The van der Waals surface area contributed by atoms with E-state index < -0.39 is 6.04 Å². The summed E-state index contributed by atoms with van der Waals surface area (Å²) >= 11 is 0. The Morgan fingerprint density at radius 2 is 1.95 bits per heavy atom. The summed E-state index contributed by atoms with van der Waals surface area (Å²) in [4.78, 5) is 0. The largest absolute Gasteiger partial charge is 0.457 e. The molecule has 0 spiro atoms. The molecule has 0 heterocycles. The van der Waals surface area contributed by atoms with Gasteiger partial charge in [0.1, 0.15) is 17.3 Å². The lowest BCUT2D eigenvalue weighted by Gasteiger charge is -2.14. The first-order valence-corrected chi connectivity index (χ1v) is 6.29. The summed E-state index contributed by atoms with van der Waals surface area (Å²) in [6.07, 6.45) is 0.353. The van der Waals surface area contributed by atoms with E-state index in [-0.39, 0.29) is 5.82 Å². The number of nitrogens with zero attached hydrogens (tertiary/aromatic N) is 1. The van der Waals surface area contributed by atoms with Gasteiger partial charge in [-0.1, -0.05) is 18.2 Å². The number of halogens is 1. The molecule has 0 saturated heterocycles. The van der Waals surface area contributed by atoms with Gasteiger partial charge in [0.25, 0.3) is 0 Å². The third-order valence-electron chi connectivity index (χ3n) is 2.90. The van der Waals surface area contributed by atoms with E-state index in [9.17, 15) is 4.39 Å². The minimum atomic E-state index is -0.455. The average Bonchev–Trinajstić information content (AvgIpc) is 2.41. The van der Waals surface area contributed by atoms with E-state index >= 15 is 0 Å². The minimum absolute atomic E-state index is 0.353. The van der Waals surface area contributed by atoms with Crippen LogP contribution in [0, 0.1) is 17.1 Å². The second-order valence-corrected chi connectivity index (χ2v) is 4.52. The standard InChI is InChI=1S/C16H15FN2O/c1-11(19)16-14(17)3-2-4-15(16)20-13-7-5-12(6-8-13)9-10-18/h2-8,11H,9,19H2,1H3/t11-/m1/s1. The van der Waals surface area contributed by atoms with E-state index in [0.717, 1.165) is 5.56 Å². The smallest absolute Gasteiger partial charge is 0.135 e. The summed E-state index contributed by atoms with van der Waals surface area (Å²) in [5, 5.41) is 8.62. The number of ether oxygens (including phenoxy) is 1. The molecule has 0 amide bonds. The van der Waals surface area contributed by atoms with Crippen LogP contribution in [0.5, 0.6) is 11.5 Å². The fourth-order valence-electron chi connectivity index (χ4n) is 1.94. The maximum absolute atomic E-state index is 13.8. The highest BCUT2D eigenvalue weighted by Gasteiger charge is 2.14. The lowest BCUT2D eigenvalue weighted by atomic mass is 10.1. The van der Waals surface area contributed by atoms with Crippen LogP contribution < -0.4 is 10.5 Å². The fraction of sp³-hybridized carbons (Fsp3) is 0.188. The Balaban J connectivity index is 2.26. The van der Waals surface area contributed by atoms with E-state index in [1.807, 2.05) is 12.1 Å². The molecule has 0 radical (unpaired) electrons. The average molecular weight is 270 g/mol. The maximum atomic E-state index is 13.8. The van der Waals surface area contributed by atoms with Crippen LogP contribution in [0.25, 0.3) is 0 Å². The summed E-state index contributed by atoms with van der Waals surface area (Å²) < 4.78 is 19.5. The molecule has 3 nitrogen and oxygen atoms in total. The van der Waals surface area contributed by atoms with Crippen LogP contribution in [0.3, 0.4) is 0 Å². The van der Waals surface area contributed by atoms with Gasteiger partial charge in [-0.25, -0.2) is 4.39 Å². The highest BCUT2D eigenvalue weighted by atomic mass is 19.1. The van der Waals surface area contributed by atoms with Crippen molar-refractivity contribution in [3.05, 3.63) is 59.4 Å². The zero-order chi connectivity index (χ0) is 14.5. The first kappa shape index (κ1) is 14.0. The van der Waals surface area contributed by atoms with Gasteiger partial charge in [0.05, 0.1) is 12.5 Å². The summed E-state index contributed by atoms with van der Waals surface area (Å²) in [6, 6.07) is 13.4. The number of nitrogens with two attached hydrogens (primary N) is 1. The van der Waals surface area contributed by atoms with Crippen molar-refractivity contribution in [2.45, 2.75) is 19.4 Å². The van der Waals surface area contributed by atoms with Gasteiger partial charge < -0.3 is 10.5 Å². The molecule has 0 aliphatic heterocycles. The van der Waals surface area contributed by atoms with Crippen LogP contribution in [-0.2, 0) is 6.42 Å². The molecule has 0 aromatic heterocycles. The van der Waals surface area contributed by atoms with Crippen molar-refractivity contribution in [3.63, 3.8) is 0 Å². The third kappa shape index (κ3) is 3.14. The van der Waals surface area contributed by atoms with Crippen molar-refractivity contribution in [2.75, 3.05) is 0 Å². The highest BCUT2D eigenvalue weighted by Crippen LogP contribution is 2.30. The van der Waals surface area contributed by atoms with Crippen molar-refractivity contribution < 1.29 is 9.13 Å². The molecule has 0 aliphatic rings. The molecule has 102 valence electrons. The molecule has 0 fully saturated rings. The Bertz CT molecular complexity index is 630. The maximum Gasteiger partial charge on any atom is 0.135 e. The van der Waals surface area contributed by atoms with Crippen LogP contribution in [0.2, 0.25) is 0 Å². The molecule has 20 heavy (non-hydrogen) atoms. The van der Waals surface area contributed by atoms with Gasteiger partial charge >= 0.3 is 0 Å². The lowest BCUT2D eigenvalue weighted by Crippen LogP contribution is -2.09. The van der Waals surface area contributed by atoms with Crippen molar-refractivity contribution in [3.8, 4) is 17.6 Å². The van der Waals surface area contributed by atoms with Crippen LogP contribution in [0.15, 0.2) is 42.5 Å². The number of hydrogen-bond donors (Lipinski definition) is 1. The van der Waals surface area contributed by atoms with Crippen molar-refractivity contribution in [1.29, 1.82) is 5.26 Å². The van der Waals surface area contributed by atoms with Gasteiger partial charge in [0.2, 0.25) is 0 Å². The number of hydrogen-bond acceptors (Lipinski definition) is 3. The second kappa shape index (κ2) is 6.18. The van der Waals surface area contributed by atoms with Crippen molar-refractivity contribution in [1.82, 2.24) is 0 Å². The molecule has 2 aromatic rings. The van der Waals surface area contributed by atoms with E-state index in [2.05, 4.69) is 6.07 Å². The zero-order valence-electron chi connectivity index (χ0n) is 11.1. The Kier molecular flexibility index (Phi) is 4.34.